The van der Waals surface area contributed by atoms with Crippen molar-refractivity contribution in [2.24, 2.45) is 0 Å². The molecule has 3 aromatic rings. The van der Waals surface area contributed by atoms with E-state index in [1.165, 1.54) is 16.9 Å². The van der Waals surface area contributed by atoms with E-state index in [-0.39, 0.29) is 17.2 Å². The number of nitrogen functional groups attached to an aromatic ring is 1. The molecule has 3 rings (SSSR count). The quantitative estimate of drug-likeness (QED) is 0.609. The highest BCUT2D eigenvalue weighted by Crippen LogP contribution is 2.35. The number of benzene rings is 2. The topological polar surface area (TPSA) is 59.2 Å². The molecule has 0 saturated heterocycles. The molecule has 7 heteroatoms. The SMILES string of the molecule is Cc1ccc(N(C)c2nc(N)c(C(=O)c3c(Cl)cccc3Cl)s2)cc1. The molecule has 0 atom stereocenters. The van der Waals surface area contributed by atoms with E-state index < -0.39 is 0 Å². The lowest BCUT2D eigenvalue weighted by molar-refractivity contribution is 0.104. The Morgan fingerprint density at radius 2 is 1.72 bits per heavy atom. The van der Waals surface area contributed by atoms with Gasteiger partial charge in [-0.2, -0.15) is 0 Å². The zero-order valence-electron chi connectivity index (χ0n) is 13.6. The van der Waals surface area contributed by atoms with E-state index >= 15 is 0 Å². The Morgan fingerprint density at radius 3 is 2.32 bits per heavy atom. The van der Waals surface area contributed by atoms with E-state index in [1.807, 2.05) is 43.1 Å². The third kappa shape index (κ3) is 3.49. The van der Waals surface area contributed by atoms with Crippen LogP contribution in [-0.4, -0.2) is 17.8 Å². The number of carbonyl (C=O) groups excluding carboxylic acids is 1. The third-order valence-electron chi connectivity index (χ3n) is 3.75. The average molecular weight is 392 g/mol. The van der Waals surface area contributed by atoms with Crippen LogP contribution in [0.2, 0.25) is 10.0 Å². The van der Waals surface area contributed by atoms with Gasteiger partial charge in [-0.25, -0.2) is 4.98 Å². The highest BCUT2D eigenvalue weighted by molar-refractivity contribution is 7.18. The summed E-state index contributed by atoms with van der Waals surface area (Å²) in [5, 5.41) is 1.20. The molecule has 25 heavy (non-hydrogen) atoms. The number of carbonyl (C=O) groups is 1. The summed E-state index contributed by atoms with van der Waals surface area (Å²) in [5.74, 6) is -0.158. The van der Waals surface area contributed by atoms with E-state index in [0.29, 0.717) is 20.1 Å². The van der Waals surface area contributed by atoms with Gasteiger partial charge in [-0.3, -0.25) is 4.79 Å². The number of ketones is 1. The van der Waals surface area contributed by atoms with Gasteiger partial charge in [-0.1, -0.05) is 58.3 Å². The first-order valence-corrected chi connectivity index (χ1v) is 9.01. The number of halogens is 2. The second-order valence-electron chi connectivity index (χ2n) is 5.53. The van der Waals surface area contributed by atoms with Gasteiger partial charge >= 0.3 is 0 Å². The maximum absolute atomic E-state index is 12.8. The predicted octanol–water partition coefficient (Wildman–Crippen LogP) is 5.34. The summed E-state index contributed by atoms with van der Waals surface area (Å²) in [6.45, 7) is 2.02. The van der Waals surface area contributed by atoms with Crippen LogP contribution in [0.1, 0.15) is 20.8 Å². The highest BCUT2D eigenvalue weighted by atomic mass is 35.5. The largest absolute Gasteiger partial charge is 0.382 e. The monoisotopic (exact) mass is 391 g/mol. The van der Waals surface area contributed by atoms with Crippen LogP contribution in [0.25, 0.3) is 0 Å². The lowest BCUT2D eigenvalue weighted by Crippen LogP contribution is -2.08. The molecule has 0 saturated carbocycles. The van der Waals surface area contributed by atoms with E-state index in [0.717, 1.165) is 5.69 Å². The number of aryl methyl sites for hydroxylation is 1. The van der Waals surface area contributed by atoms with Crippen LogP contribution in [0.3, 0.4) is 0 Å². The van der Waals surface area contributed by atoms with Crippen LogP contribution in [0.4, 0.5) is 16.6 Å². The molecule has 0 unspecified atom stereocenters. The minimum absolute atomic E-state index is 0.167. The molecule has 1 heterocycles. The van der Waals surface area contributed by atoms with Crippen LogP contribution in [0.5, 0.6) is 0 Å². The normalized spacial score (nSPS) is 10.7. The van der Waals surface area contributed by atoms with Gasteiger partial charge in [-0.15, -0.1) is 0 Å². The van der Waals surface area contributed by atoms with Gasteiger partial charge in [0.25, 0.3) is 0 Å². The third-order valence-corrected chi connectivity index (χ3v) is 5.52. The second-order valence-corrected chi connectivity index (χ2v) is 7.32. The zero-order chi connectivity index (χ0) is 18.1. The molecule has 0 aliphatic rings. The van der Waals surface area contributed by atoms with Gasteiger partial charge in [0.15, 0.2) is 5.13 Å². The second kappa shape index (κ2) is 7.04. The fourth-order valence-corrected chi connectivity index (χ4v) is 3.82. The number of nitrogens with two attached hydrogens (primary N) is 1. The summed E-state index contributed by atoms with van der Waals surface area (Å²) < 4.78 is 0. The number of hydrogen-bond donors (Lipinski definition) is 1. The molecule has 0 aliphatic carbocycles. The summed E-state index contributed by atoms with van der Waals surface area (Å²) in [6.07, 6.45) is 0. The highest BCUT2D eigenvalue weighted by Gasteiger charge is 2.23. The lowest BCUT2D eigenvalue weighted by Gasteiger charge is -2.15. The van der Waals surface area contributed by atoms with Gasteiger partial charge in [0.2, 0.25) is 5.78 Å². The molecule has 0 aliphatic heterocycles. The molecule has 1 aromatic heterocycles. The summed E-state index contributed by atoms with van der Waals surface area (Å²) in [7, 11) is 1.87. The van der Waals surface area contributed by atoms with Crippen molar-refractivity contribution in [1.29, 1.82) is 0 Å². The molecule has 0 radical (unpaired) electrons. The van der Waals surface area contributed by atoms with Gasteiger partial charge < -0.3 is 10.6 Å². The predicted molar refractivity (Wildman–Crippen MR) is 106 cm³/mol. The molecular formula is C18H15Cl2N3OS. The molecular weight excluding hydrogens is 377 g/mol. The summed E-state index contributed by atoms with van der Waals surface area (Å²) >= 11 is 13.5. The number of nitrogens with zero attached hydrogens (tertiary/aromatic N) is 2. The van der Waals surface area contributed by atoms with Crippen molar-refractivity contribution in [2.45, 2.75) is 6.92 Å². The van der Waals surface area contributed by atoms with Crippen molar-refractivity contribution in [3.05, 3.63) is 68.5 Å². The van der Waals surface area contributed by atoms with Crippen molar-refractivity contribution in [2.75, 3.05) is 17.7 Å². The van der Waals surface area contributed by atoms with Gasteiger partial charge in [-0.05, 0) is 31.2 Å². The molecule has 128 valence electrons. The number of rotatable bonds is 4. The molecule has 0 spiro atoms. The van der Waals surface area contributed by atoms with E-state index in [1.54, 1.807) is 18.2 Å². The van der Waals surface area contributed by atoms with Crippen molar-refractivity contribution in [1.82, 2.24) is 4.98 Å². The van der Waals surface area contributed by atoms with Gasteiger partial charge in [0.05, 0.1) is 15.6 Å². The van der Waals surface area contributed by atoms with Crippen LogP contribution in [-0.2, 0) is 0 Å². The van der Waals surface area contributed by atoms with E-state index in [4.69, 9.17) is 28.9 Å². The Morgan fingerprint density at radius 1 is 1.12 bits per heavy atom. The molecule has 0 amide bonds. The van der Waals surface area contributed by atoms with Crippen molar-refractivity contribution < 1.29 is 4.79 Å². The Balaban J connectivity index is 1.97. The summed E-state index contributed by atoms with van der Waals surface area (Å²) in [6, 6.07) is 12.9. The number of aromatic nitrogens is 1. The van der Waals surface area contributed by atoms with Crippen molar-refractivity contribution >= 4 is 57.0 Å². The van der Waals surface area contributed by atoms with Crippen molar-refractivity contribution in [3.8, 4) is 0 Å². The van der Waals surface area contributed by atoms with Gasteiger partial charge in [0.1, 0.15) is 10.7 Å². The molecule has 2 aromatic carbocycles. The average Bonchev–Trinajstić information content (AvgIpc) is 2.96. The minimum Gasteiger partial charge on any atom is -0.382 e. The zero-order valence-corrected chi connectivity index (χ0v) is 15.9. The van der Waals surface area contributed by atoms with Crippen LogP contribution >= 0.6 is 34.5 Å². The Bertz CT molecular complexity index is 918. The van der Waals surface area contributed by atoms with Gasteiger partial charge in [0, 0.05) is 12.7 Å². The first-order valence-electron chi connectivity index (χ1n) is 7.44. The maximum Gasteiger partial charge on any atom is 0.209 e. The van der Waals surface area contributed by atoms with Crippen LogP contribution in [0, 0.1) is 6.92 Å². The first-order chi connectivity index (χ1) is 11.9. The maximum atomic E-state index is 12.8. The molecule has 0 fully saturated rings. The summed E-state index contributed by atoms with van der Waals surface area (Å²) in [4.78, 5) is 19.4. The van der Waals surface area contributed by atoms with E-state index in [2.05, 4.69) is 4.98 Å². The van der Waals surface area contributed by atoms with E-state index in [9.17, 15) is 4.79 Å². The minimum atomic E-state index is -0.325. The van der Waals surface area contributed by atoms with Crippen LogP contribution in [0.15, 0.2) is 42.5 Å². The summed E-state index contributed by atoms with van der Waals surface area (Å²) in [5.41, 5.74) is 8.35. The lowest BCUT2D eigenvalue weighted by atomic mass is 10.1. The molecule has 2 N–H and O–H groups in total. The fraction of sp³-hybridized carbons (Fsp3) is 0.111. The fourth-order valence-electron chi connectivity index (χ4n) is 2.33. The molecule has 4 nitrogen and oxygen atoms in total. The Hall–Kier alpha value is -2.08. The standard InChI is InChI=1S/C18H15Cl2N3OS/c1-10-6-8-11(9-7-10)23(2)18-22-17(21)16(25-18)15(24)14-12(19)4-3-5-13(14)20/h3-9H,21H2,1-2H3. The van der Waals surface area contributed by atoms with Crippen molar-refractivity contribution in [3.63, 3.8) is 0 Å². The smallest absolute Gasteiger partial charge is 0.209 e. The molecule has 0 bridgehead atoms. The Labute approximate surface area is 159 Å². The number of thiazole rings is 1. The first kappa shape index (κ1) is 17.7. The Kier molecular flexibility index (Phi) is 4.99. The number of hydrogen-bond acceptors (Lipinski definition) is 5. The number of anilines is 3. The van der Waals surface area contributed by atoms with Crippen LogP contribution < -0.4 is 10.6 Å².